The number of aromatic nitrogens is 1. The predicted molar refractivity (Wildman–Crippen MR) is 78.9 cm³/mol. The van der Waals surface area contributed by atoms with Gasteiger partial charge in [0.2, 0.25) is 0 Å². The van der Waals surface area contributed by atoms with E-state index in [1.807, 2.05) is 5.43 Å². The Balaban J connectivity index is 2.11. The summed E-state index contributed by atoms with van der Waals surface area (Å²) in [6.07, 6.45) is 0. The van der Waals surface area contributed by atoms with E-state index in [1.54, 1.807) is 11.4 Å². The third kappa shape index (κ3) is 3.74. The number of hydrogen-bond acceptors (Lipinski definition) is 7. The molecule has 0 aliphatic rings. The van der Waals surface area contributed by atoms with Gasteiger partial charge in [0.1, 0.15) is 6.61 Å². The summed E-state index contributed by atoms with van der Waals surface area (Å²) in [5, 5.41) is 12.8. The van der Waals surface area contributed by atoms with Crippen molar-refractivity contribution < 1.29 is 14.5 Å². The van der Waals surface area contributed by atoms with Gasteiger partial charge in [-0.3, -0.25) is 20.3 Å². The minimum Gasteiger partial charge on any atom is -0.480 e. The van der Waals surface area contributed by atoms with Crippen LogP contribution in [0.1, 0.15) is 15.5 Å². The number of nitrogens with two attached hydrogens (primary N) is 1. The Morgan fingerprint density at radius 1 is 1.57 bits per heavy atom. The molecule has 0 bridgehead atoms. The van der Waals surface area contributed by atoms with Gasteiger partial charge < -0.3 is 4.74 Å². The molecule has 1 aromatic heterocycles. The lowest BCUT2D eigenvalue weighted by molar-refractivity contribution is -0.386. The fourth-order valence-corrected chi connectivity index (χ4v) is 2.50. The van der Waals surface area contributed by atoms with Crippen LogP contribution in [0.3, 0.4) is 0 Å². The summed E-state index contributed by atoms with van der Waals surface area (Å²) < 4.78 is 5.97. The summed E-state index contributed by atoms with van der Waals surface area (Å²) in [6, 6.07) is 4.47. The number of carbonyl (C=O) groups excluding carboxylic acids is 1. The lowest BCUT2D eigenvalue weighted by atomic mass is 10.3. The molecule has 2 rings (SSSR count). The molecule has 0 atom stereocenters. The van der Waals surface area contributed by atoms with Crippen LogP contribution in [0.2, 0.25) is 0 Å². The van der Waals surface area contributed by atoms with E-state index < -0.39 is 10.8 Å². The minimum absolute atomic E-state index is 0.0107. The fraction of sp³-hybridized carbons (Fsp3) is 0.0909. The first-order chi connectivity index (χ1) is 10.0. The zero-order valence-corrected chi connectivity index (χ0v) is 12.8. The van der Waals surface area contributed by atoms with Crippen LogP contribution >= 0.6 is 27.3 Å². The molecule has 10 heteroatoms. The van der Waals surface area contributed by atoms with Gasteiger partial charge in [-0.25, -0.2) is 10.8 Å². The summed E-state index contributed by atoms with van der Waals surface area (Å²) in [4.78, 5) is 25.7. The van der Waals surface area contributed by atoms with Crippen LogP contribution in [-0.2, 0) is 6.61 Å². The Kier molecular flexibility index (Phi) is 4.83. The Morgan fingerprint density at radius 3 is 3.00 bits per heavy atom. The maximum absolute atomic E-state index is 11.3. The maximum Gasteiger partial charge on any atom is 0.312 e. The molecule has 0 spiro atoms. The highest BCUT2D eigenvalue weighted by Gasteiger charge is 2.16. The second-order valence-corrected chi connectivity index (χ2v) is 5.55. The zero-order valence-electron chi connectivity index (χ0n) is 10.4. The molecule has 0 aliphatic carbocycles. The number of carbonyl (C=O) groups is 1. The predicted octanol–water partition coefficient (Wildman–Crippen LogP) is 2.00. The monoisotopic (exact) mass is 372 g/mol. The number of hydrogen-bond donors (Lipinski definition) is 2. The highest BCUT2D eigenvalue weighted by molar-refractivity contribution is 9.10. The third-order valence-electron chi connectivity index (χ3n) is 2.37. The normalized spacial score (nSPS) is 10.2. The Labute approximate surface area is 131 Å². The van der Waals surface area contributed by atoms with Crippen LogP contribution in [0.4, 0.5) is 5.69 Å². The first-order valence-corrected chi connectivity index (χ1v) is 7.20. The third-order valence-corrected chi connectivity index (χ3v) is 3.75. The molecule has 1 aromatic carbocycles. The average molecular weight is 373 g/mol. The quantitative estimate of drug-likeness (QED) is 0.358. The molecule has 21 heavy (non-hydrogen) atoms. The van der Waals surface area contributed by atoms with Crippen LogP contribution in [0.5, 0.6) is 5.75 Å². The van der Waals surface area contributed by atoms with Gasteiger partial charge in [-0.15, -0.1) is 11.3 Å². The van der Waals surface area contributed by atoms with Gasteiger partial charge in [0.05, 0.1) is 10.6 Å². The SMILES string of the molecule is NNC(=O)c1nc(COc2ccc(Br)cc2[N+](=O)[O-])cs1. The van der Waals surface area contributed by atoms with Crippen LogP contribution in [0, 0.1) is 10.1 Å². The summed E-state index contributed by atoms with van der Waals surface area (Å²) in [7, 11) is 0. The van der Waals surface area contributed by atoms with Gasteiger partial charge >= 0.3 is 5.69 Å². The van der Waals surface area contributed by atoms with E-state index in [9.17, 15) is 14.9 Å². The second kappa shape index (κ2) is 6.61. The number of benzene rings is 1. The summed E-state index contributed by atoms with van der Waals surface area (Å²) in [5.41, 5.74) is 2.30. The molecule has 0 radical (unpaired) electrons. The number of nitrogens with one attached hydrogen (secondary N) is 1. The van der Waals surface area contributed by atoms with E-state index in [4.69, 9.17) is 10.6 Å². The number of nitro benzene ring substituents is 1. The van der Waals surface area contributed by atoms with Crippen LogP contribution in [0.15, 0.2) is 28.1 Å². The van der Waals surface area contributed by atoms with Gasteiger partial charge in [0.25, 0.3) is 5.91 Å². The van der Waals surface area contributed by atoms with E-state index in [0.29, 0.717) is 10.2 Å². The molecule has 0 aliphatic heterocycles. The van der Waals surface area contributed by atoms with Crippen LogP contribution in [0.25, 0.3) is 0 Å². The van der Waals surface area contributed by atoms with Crippen molar-refractivity contribution in [3.8, 4) is 5.75 Å². The molecule has 2 aromatic rings. The van der Waals surface area contributed by atoms with Gasteiger partial charge in [-0.2, -0.15) is 0 Å². The number of hydrazine groups is 1. The van der Waals surface area contributed by atoms with Gasteiger partial charge in [-0.1, -0.05) is 15.9 Å². The molecule has 0 saturated heterocycles. The van der Waals surface area contributed by atoms with E-state index >= 15 is 0 Å². The number of amides is 1. The molecule has 3 N–H and O–H groups in total. The zero-order chi connectivity index (χ0) is 15.4. The highest BCUT2D eigenvalue weighted by Crippen LogP contribution is 2.30. The Morgan fingerprint density at radius 2 is 2.33 bits per heavy atom. The van der Waals surface area contributed by atoms with Gasteiger partial charge in [-0.05, 0) is 12.1 Å². The number of thiazole rings is 1. The van der Waals surface area contributed by atoms with Gasteiger partial charge in [0, 0.05) is 15.9 Å². The van der Waals surface area contributed by atoms with Crippen molar-refractivity contribution in [1.82, 2.24) is 10.4 Å². The fourth-order valence-electron chi connectivity index (χ4n) is 1.45. The van der Waals surface area contributed by atoms with Gasteiger partial charge in [0.15, 0.2) is 10.8 Å². The number of ether oxygens (including phenoxy) is 1. The van der Waals surface area contributed by atoms with Crippen molar-refractivity contribution in [2.45, 2.75) is 6.61 Å². The number of nitro groups is 1. The molecule has 110 valence electrons. The lowest BCUT2D eigenvalue weighted by Gasteiger charge is -2.05. The first-order valence-electron chi connectivity index (χ1n) is 5.53. The molecular formula is C11H9BrN4O4S. The largest absolute Gasteiger partial charge is 0.480 e. The molecular weight excluding hydrogens is 364 g/mol. The van der Waals surface area contributed by atoms with Crippen molar-refractivity contribution in [2.24, 2.45) is 5.84 Å². The topological polar surface area (TPSA) is 120 Å². The van der Waals surface area contributed by atoms with Crippen molar-refractivity contribution in [3.05, 3.63) is 48.9 Å². The van der Waals surface area contributed by atoms with Crippen LogP contribution < -0.4 is 16.0 Å². The maximum atomic E-state index is 11.3. The number of halogens is 1. The number of nitrogens with zero attached hydrogens (tertiary/aromatic N) is 2. The molecule has 8 nitrogen and oxygen atoms in total. The Bertz CT molecular complexity index is 691. The number of rotatable bonds is 5. The van der Waals surface area contributed by atoms with Crippen molar-refractivity contribution in [1.29, 1.82) is 0 Å². The molecule has 0 saturated carbocycles. The average Bonchev–Trinajstić information content (AvgIpc) is 2.93. The van der Waals surface area contributed by atoms with E-state index in [-0.39, 0.29) is 23.1 Å². The first kappa shape index (κ1) is 15.4. The lowest BCUT2D eigenvalue weighted by Crippen LogP contribution is -2.29. The molecule has 1 heterocycles. The van der Waals surface area contributed by atoms with Crippen molar-refractivity contribution in [3.63, 3.8) is 0 Å². The van der Waals surface area contributed by atoms with Crippen LogP contribution in [-0.4, -0.2) is 15.8 Å². The summed E-state index contributed by atoms with van der Waals surface area (Å²) in [5.74, 6) is 4.63. The number of nitrogen functional groups attached to an aromatic ring is 1. The van der Waals surface area contributed by atoms with E-state index in [2.05, 4.69) is 20.9 Å². The van der Waals surface area contributed by atoms with Crippen molar-refractivity contribution in [2.75, 3.05) is 0 Å². The van der Waals surface area contributed by atoms with Crippen molar-refractivity contribution >= 4 is 38.9 Å². The second-order valence-electron chi connectivity index (χ2n) is 3.78. The smallest absolute Gasteiger partial charge is 0.312 e. The highest BCUT2D eigenvalue weighted by atomic mass is 79.9. The molecule has 0 fully saturated rings. The standard InChI is InChI=1S/C11H9BrN4O4S/c12-6-1-2-9(8(3-6)16(18)19)20-4-7-5-21-11(14-7)10(17)15-13/h1-3,5H,4,13H2,(H,15,17). The Hall–Kier alpha value is -2.04. The summed E-state index contributed by atoms with van der Waals surface area (Å²) >= 11 is 4.27. The summed E-state index contributed by atoms with van der Waals surface area (Å²) in [6.45, 7) is 0.0107. The van der Waals surface area contributed by atoms with E-state index in [1.165, 1.54) is 12.1 Å². The molecule has 0 unspecified atom stereocenters. The molecule has 1 amide bonds. The minimum atomic E-state index is -0.533. The van der Waals surface area contributed by atoms with E-state index in [0.717, 1.165) is 11.3 Å².